The van der Waals surface area contributed by atoms with Gasteiger partial charge in [0, 0.05) is 17.7 Å². The molecule has 1 heterocycles. The Balaban J connectivity index is 1.91. The number of benzene rings is 2. The van der Waals surface area contributed by atoms with E-state index in [4.69, 9.17) is 0 Å². The van der Waals surface area contributed by atoms with Crippen molar-refractivity contribution in [2.45, 2.75) is 18.9 Å². The van der Waals surface area contributed by atoms with Crippen LogP contribution in [0, 0.1) is 11.6 Å². The number of carbonyl (C=O) groups excluding carboxylic acids is 1. The first-order valence-electron chi connectivity index (χ1n) is 6.98. The SMILES string of the molecule is O=C(c1cccc(F)c1)N1CCC[C@H]1c1ccccc1F. The minimum Gasteiger partial charge on any atom is -0.331 e. The molecule has 0 aromatic heterocycles. The number of rotatable bonds is 2. The summed E-state index contributed by atoms with van der Waals surface area (Å²) in [5, 5.41) is 0. The Morgan fingerprint density at radius 3 is 2.67 bits per heavy atom. The summed E-state index contributed by atoms with van der Waals surface area (Å²) in [5.74, 6) is -0.996. The van der Waals surface area contributed by atoms with Crippen LogP contribution in [-0.2, 0) is 0 Å². The molecule has 3 rings (SSSR count). The van der Waals surface area contributed by atoms with E-state index in [1.807, 2.05) is 0 Å². The Bertz CT molecular complexity index is 671. The number of hydrogen-bond acceptors (Lipinski definition) is 1. The number of amides is 1. The second-order valence-electron chi connectivity index (χ2n) is 5.19. The molecule has 0 aliphatic carbocycles. The van der Waals surface area contributed by atoms with Crippen molar-refractivity contribution in [2.75, 3.05) is 6.54 Å². The van der Waals surface area contributed by atoms with Crippen LogP contribution in [0.2, 0.25) is 0 Å². The molecule has 4 heteroatoms. The fourth-order valence-corrected chi connectivity index (χ4v) is 2.87. The van der Waals surface area contributed by atoms with Gasteiger partial charge in [0.05, 0.1) is 6.04 Å². The summed E-state index contributed by atoms with van der Waals surface area (Å²) in [6.07, 6.45) is 1.54. The Kier molecular flexibility index (Phi) is 3.69. The normalized spacial score (nSPS) is 18.0. The summed E-state index contributed by atoms with van der Waals surface area (Å²) in [4.78, 5) is 14.2. The summed E-state index contributed by atoms with van der Waals surface area (Å²) >= 11 is 0. The Morgan fingerprint density at radius 2 is 1.90 bits per heavy atom. The van der Waals surface area contributed by atoms with Gasteiger partial charge in [0.25, 0.3) is 5.91 Å². The lowest BCUT2D eigenvalue weighted by Gasteiger charge is -2.25. The third-order valence-corrected chi connectivity index (χ3v) is 3.85. The van der Waals surface area contributed by atoms with E-state index in [9.17, 15) is 13.6 Å². The Morgan fingerprint density at radius 1 is 1.10 bits per heavy atom. The van der Waals surface area contributed by atoms with Crippen LogP contribution < -0.4 is 0 Å². The number of hydrogen-bond donors (Lipinski definition) is 0. The molecule has 0 unspecified atom stereocenters. The van der Waals surface area contributed by atoms with Crippen LogP contribution in [0.1, 0.15) is 34.8 Å². The van der Waals surface area contributed by atoms with Gasteiger partial charge >= 0.3 is 0 Å². The quantitative estimate of drug-likeness (QED) is 0.819. The van der Waals surface area contributed by atoms with Crippen LogP contribution in [0.25, 0.3) is 0 Å². The van der Waals surface area contributed by atoms with Crippen LogP contribution >= 0.6 is 0 Å². The van der Waals surface area contributed by atoms with Gasteiger partial charge in [0.2, 0.25) is 0 Å². The second kappa shape index (κ2) is 5.64. The summed E-state index contributed by atoms with van der Waals surface area (Å²) in [6.45, 7) is 0.564. The average molecular weight is 287 g/mol. The predicted octanol–water partition coefficient (Wildman–Crippen LogP) is 3.94. The highest BCUT2D eigenvalue weighted by Crippen LogP contribution is 2.34. The smallest absolute Gasteiger partial charge is 0.254 e. The van der Waals surface area contributed by atoms with E-state index in [0.29, 0.717) is 17.7 Å². The van der Waals surface area contributed by atoms with Gasteiger partial charge < -0.3 is 4.90 Å². The number of carbonyl (C=O) groups is 1. The highest BCUT2D eigenvalue weighted by Gasteiger charge is 2.32. The molecule has 1 amide bonds. The average Bonchev–Trinajstić information content (AvgIpc) is 2.96. The Labute approximate surface area is 122 Å². The van der Waals surface area contributed by atoms with Crippen molar-refractivity contribution in [3.8, 4) is 0 Å². The molecule has 1 saturated heterocycles. The molecular formula is C17H15F2NO. The minimum atomic E-state index is -0.442. The zero-order chi connectivity index (χ0) is 14.8. The molecule has 0 spiro atoms. The zero-order valence-corrected chi connectivity index (χ0v) is 11.4. The molecule has 2 aromatic rings. The van der Waals surface area contributed by atoms with E-state index in [2.05, 4.69) is 0 Å². The lowest BCUT2D eigenvalue weighted by Crippen LogP contribution is -2.31. The molecule has 1 aliphatic heterocycles. The standard InChI is InChI=1S/C17H15F2NO/c18-13-6-3-5-12(11-13)17(21)20-10-4-9-16(20)14-7-1-2-8-15(14)19/h1-3,5-8,11,16H,4,9-10H2/t16-/m0/s1. The van der Waals surface area contributed by atoms with Crippen molar-refractivity contribution >= 4 is 5.91 Å². The van der Waals surface area contributed by atoms with Crippen LogP contribution in [0.15, 0.2) is 48.5 Å². The van der Waals surface area contributed by atoms with Gasteiger partial charge in [-0.2, -0.15) is 0 Å². The maximum absolute atomic E-state index is 13.9. The van der Waals surface area contributed by atoms with Crippen LogP contribution in [0.3, 0.4) is 0 Å². The molecule has 1 aliphatic rings. The maximum Gasteiger partial charge on any atom is 0.254 e. The van der Waals surface area contributed by atoms with Crippen molar-refractivity contribution in [3.63, 3.8) is 0 Å². The van der Waals surface area contributed by atoms with Crippen molar-refractivity contribution in [1.82, 2.24) is 4.90 Å². The fraction of sp³-hybridized carbons (Fsp3) is 0.235. The topological polar surface area (TPSA) is 20.3 Å². The van der Waals surface area contributed by atoms with E-state index in [-0.39, 0.29) is 17.8 Å². The summed E-state index contributed by atoms with van der Waals surface area (Å²) in [5.41, 5.74) is 0.831. The molecule has 1 atom stereocenters. The highest BCUT2D eigenvalue weighted by atomic mass is 19.1. The highest BCUT2D eigenvalue weighted by molar-refractivity contribution is 5.94. The van der Waals surface area contributed by atoms with E-state index in [1.165, 1.54) is 24.3 Å². The number of likely N-dealkylation sites (tertiary alicyclic amines) is 1. The molecule has 0 saturated carbocycles. The lowest BCUT2D eigenvalue weighted by molar-refractivity contribution is 0.0733. The van der Waals surface area contributed by atoms with Gasteiger partial charge in [0.15, 0.2) is 0 Å². The van der Waals surface area contributed by atoms with E-state index >= 15 is 0 Å². The van der Waals surface area contributed by atoms with Crippen LogP contribution in [0.5, 0.6) is 0 Å². The van der Waals surface area contributed by atoms with Crippen molar-refractivity contribution in [1.29, 1.82) is 0 Å². The molecule has 0 N–H and O–H groups in total. The van der Waals surface area contributed by atoms with Crippen molar-refractivity contribution in [2.24, 2.45) is 0 Å². The van der Waals surface area contributed by atoms with Gasteiger partial charge in [-0.1, -0.05) is 24.3 Å². The summed E-state index contributed by atoms with van der Waals surface area (Å²) in [6, 6.07) is 11.8. The van der Waals surface area contributed by atoms with Gasteiger partial charge in [-0.3, -0.25) is 4.79 Å². The van der Waals surface area contributed by atoms with Crippen molar-refractivity contribution < 1.29 is 13.6 Å². The first-order valence-corrected chi connectivity index (χ1v) is 6.98. The van der Waals surface area contributed by atoms with E-state index in [0.717, 1.165) is 12.8 Å². The largest absolute Gasteiger partial charge is 0.331 e. The molecule has 2 nitrogen and oxygen atoms in total. The van der Waals surface area contributed by atoms with E-state index in [1.54, 1.807) is 29.2 Å². The predicted molar refractivity (Wildman–Crippen MR) is 75.8 cm³/mol. The zero-order valence-electron chi connectivity index (χ0n) is 11.4. The first-order chi connectivity index (χ1) is 10.2. The molecular weight excluding hydrogens is 272 g/mol. The first kappa shape index (κ1) is 13.7. The second-order valence-corrected chi connectivity index (χ2v) is 5.19. The number of halogens is 2. The third kappa shape index (κ3) is 2.66. The van der Waals surface area contributed by atoms with Gasteiger partial charge in [-0.25, -0.2) is 8.78 Å². The van der Waals surface area contributed by atoms with E-state index < -0.39 is 5.82 Å². The molecule has 2 aromatic carbocycles. The fourth-order valence-electron chi connectivity index (χ4n) is 2.87. The molecule has 0 radical (unpaired) electrons. The van der Waals surface area contributed by atoms with Crippen LogP contribution in [-0.4, -0.2) is 17.4 Å². The third-order valence-electron chi connectivity index (χ3n) is 3.85. The molecule has 0 bridgehead atoms. The van der Waals surface area contributed by atoms with Gasteiger partial charge in [-0.15, -0.1) is 0 Å². The Hall–Kier alpha value is -2.23. The van der Waals surface area contributed by atoms with Gasteiger partial charge in [-0.05, 0) is 37.1 Å². The number of nitrogens with zero attached hydrogens (tertiary/aromatic N) is 1. The molecule has 1 fully saturated rings. The van der Waals surface area contributed by atoms with Crippen molar-refractivity contribution in [3.05, 3.63) is 71.3 Å². The summed E-state index contributed by atoms with van der Waals surface area (Å²) < 4.78 is 27.2. The maximum atomic E-state index is 13.9. The van der Waals surface area contributed by atoms with Crippen LogP contribution in [0.4, 0.5) is 8.78 Å². The monoisotopic (exact) mass is 287 g/mol. The summed E-state index contributed by atoms with van der Waals surface area (Å²) in [7, 11) is 0. The molecule has 108 valence electrons. The minimum absolute atomic E-state index is 0.250. The van der Waals surface area contributed by atoms with Gasteiger partial charge in [0.1, 0.15) is 11.6 Å². The lowest BCUT2D eigenvalue weighted by atomic mass is 10.0. The molecule has 21 heavy (non-hydrogen) atoms.